The van der Waals surface area contributed by atoms with Gasteiger partial charge in [-0.1, -0.05) is 36.4 Å². The fraction of sp³-hybridized carbons (Fsp3) is 0.310. The molecule has 2 aliphatic heterocycles. The number of nitrogens with zero attached hydrogens (tertiary/aromatic N) is 3. The highest BCUT2D eigenvalue weighted by atomic mass is 16.5. The van der Waals surface area contributed by atoms with Crippen molar-refractivity contribution < 1.29 is 9.47 Å². The van der Waals surface area contributed by atoms with Crippen molar-refractivity contribution in [1.82, 2.24) is 20.2 Å². The van der Waals surface area contributed by atoms with E-state index in [0.717, 1.165) is 66.5 Å². The van der Waals surface area contributed by atoms with E-state index in [9.17, 15) is 0 Å². The van der Waals surface area contributed by atoms with Crippen LogP contribution in [0.2, 0.25) is 0 Å². The van der Waals surface area contributed by atoms with Gasteiger partial charge in [-0.05, 0) is 67.4 Å². The fourth-order valence-electron chi connectivity index (χ4n) is 4.38. The first kappa shape index (κ1) is 24.2. The van der Waals surface area contributed by atoms with Gasteiger partial charge in [0.05, 0.1) is 30.9 Å². The van der Waals surface area contributed by atoms with Crippen LogP contribution in [0.4, 0.5) is 11.6 Å². The number of likely N-dealkylation sites (tertiary alicyclic amines) is 1. The van der Waals surface area contributed by atoms with Crippen LogP contribution < -0.4 is 15.4 Å². The van der Waals surface area contributed by atoms with Crippen molar-refractivity contribution in [2.45, 2.75) is 26.0 Å². The fourth-order valence-corrected chi connectivity index (χ4v) is 4.38. The zero-order chi connectivity index (χ0) is 24.4. The van der Waals surface area contributed by atoms with Crippen LogP contribution in [0.25, 0.3) is 11.3 Å². The zero-order valence-electron chi connectivity index (χ0n) is 20.5. The summed E-state index contributed by atoms with van der Waals surface area (Å²) in [6, 6.07) is 16.4. The molecule has 0 amide bonds. The van der Waals surface area contributed by atoms with Gasteiger partial charge in [0.25, 0.3) is 0 Å². The van der Waals surface area contributed by atoms with Gasteiger partial charge in [-0.2, -0.15) is 0 Å². The molecule has 3 aromatic rings. The lowest BCUT2D eigenvalue weighted by molar-refractivity contribution is 0.148. The predicted octanol–water partition coefficient (Wildman–Crippen LogP) is 5.05. The topological polar surface area (TPSA) is 71.5 Å². The maximum absolute atomic E-state index is 6.05. The molecule has 7 nitrogen and oxygen atoms in total. The highest BCUT2D eigenvalue weighted by Gasteiger charge is 2.11. The second kappa shape index (κ2) is 12.4. The summed E-state index contributed by atoms with van der Waals surface area (Å²) in [5, 5.41) is 6.84. The van der Waals surface area contributed by atoms with Crippen LogP contribution in [-0.4, -0.2) is 47.7 Å². The van der Waals surface area contributed by atoms with E-state index in [4.69, 9.17) is 14.5 Å². The third-order valence-electron chi connectivity index (χ3n) is 6.26. The van der Waals surface area contributed by atoms with Crippen LogP contribution in [0.5, 0.6) is 5.75 Å². The SMILES string of the molecule is C1=C/COCc2cccc(c2)-c2ccnc(n2)Nc2cc(ccc2O/C=C/CN2CCCC2)CNC/1. The van der Waals surface area contributed by atoms with Gasteiger partial charge in [-0.15, -0.1) is 0 Å². The van der Waals surface area contributed by atoms with Crippen molar-refractivity contribution in [3.8, 4) is 17.0 Å². The maximum atomic E-state index is 6.05. The molecule has 36 heavy (non-hydrogen) atoms. The van der Waals surface area contributed by atoms with E-state index < -0.39 is 0 Å². The highest BCUT2D eigenvalue weighted by molar-refractivity contribution is 5.66. The minimum atomic E-state index is 0.522. The number of hydrogen-bond donors (Lipinski definition) is 2. The second-order valence-electron chi connectivity index (χ2n) is 9.04. The Balaban J connectivity index is 1.40. The van der Waals surface area contributed by atoms with E-state index in [1.807, 2.05) is 18.2 Å². The quantitative estimate of drug-likeness (QED) is 0.397. The van der Waals surface area contributed by atoms with E-state index >= 15 is 0 Å². The maximum Gasteiger partial charge on any atom is 0.227 e. The summed E-state index contributed by atoms with van der Waals surface area (Å²) < 4.78 is 11.9. The Morgan fingerprint density at radius 1 is 1.03 bits per heavy atom. The van der Waals surface area contributed by atoms with E-state index in [1.165, 1.54) is 12.8 Å². The third kappa shape index (κ3) is 6.79. The number of fused-ring (bicyclic) bond motifs is 7. The summed E-state index contributed by atoms with van der Waals surface area (Å²) in [7, 11) is 0. The smallest absolute Gasteiger partial charge is 0.227 e. The summed E-state index contributed by atoms with van der Waals surface area (Å²) in [5.41, 5.74) is 4.95. The van der Waals surface area contributed by atoms with Crippen molar-refractivity contribution in [3.63, 3.8) is 0 Å². The van der Waals surface area contributed by atoms with Gasteiger partial charge in [0.1, 0.15) is 5.75 Å². The zero-order valence-corrected chi connectivity index (χ0v) is 20.5. The molecule has 0 unspecified atom stereocenters. The van der Waals surface area contributed by atoms with Gasteiger partial charge in [-0.25, -0.2) is 9.97 Å². The van der Waals surface area contributed by atoms with E-state index in [-0.39, 0.29) is 0 Å². The van der Waals surface area contributed by atoms with E-state index in [1.54, 1.807) is 12.5 Å². The summed E-state index contributed by atoms with van der Waals surface area (Å²) >= 11 is 0. The molecule has 0 saturated carbocycles. The molecule has 0 aliphatic carbocycles. The number of rotatable bonds is 4. The van der Waals surface area contributed by atoms with Gasteiger partial charge in [-0.3, -0.25) is 4.90 Å². The first-order valence-corrected chi connectivity index (χ1v) is 12.6. The van der Waals surface area contributed by atoms with Gasteiger partial charge in [0.15, 0.2) is 0 Å². The lowest BCUT2D eigenvalue weighted by Gasteiger charge is -2.14. The van der Waals surface area contributed by atoms with Gasteiger partial charge < -0.3 is 20.1 Å². The average Bonchev–Trinajstić information content (AvgIpc) is 3.43. The van der Waals surface area contributed by atoms with Crippen molar-refractivity contribution in [3.05, 3.63) is 90.3 Å². The summed E-state index contributed by atoms with van der Waals surface area (Å²) in [6.07, 6.45) is 12.4. The minimum Gasteiger partial charge on any atom is -0.463 e. The Kier molecular flexibility index (Phi) is 8.36. The lowest BCUT2D eigenvalue weighted by atomic mass is 10.1. The number of hydrogen-bond acceptors (Lipinski definition) is 7. The summed E-state index contributed by atoms with van der Waals surface area (Å²) in [5.74, 6) is 1.26. The van der Waals surface area contributed by atoms with Crippen LogP contribution in [0, 0.1) is 0 Å². The molecular formula is C29H33N5O2. The molecular weight excluding hydrogens is 450 g/mol. The van der Waals surface area contributed by atoms with Crippen molar-refractivity contribution in [2.75, 3.05) is 38.1 Å². The molecule has 6 bridgehead atoms. The number of aromatic nitrogens is 2. The van der Waals surface area contributed by atoms with Crippen LogP contribution in [0.3, 0.4) is 0 Å². The van der Waals surface area contributed by atoms with Crippen LogP contribution in [0.15, 0.2) is 79.2 Å². The molecule has 0 atom stereocenters. The third-order valence-corrected chi connectivity index (χ3v) is 6.26. The average molecular weight is 484 g/mol. The molecule has 7 heteroatoms. The standard InChI is InChI=1S/C29H33N5O2/c1-4-17-35-22-24-7-5-8-25(19-24)26-11-13-31-29(32-26)33-27-20-23(21-30-12-1)9-10-28(27)36-18-6-16-34-14-2-3-15-34/h1,4-11,13,18-20,30H,2-3,12,14-17,21-22H2,(H,31,32,33)/b4-1+,18-6+. The predicted molar refractivity (Wildman–Crippen MR) is 143 cm³/mol. The van der Waals surface area contributed by atoms with Crippen molar-refractivity contribution >= 4 is 11.6 Å². The molecule has 0 radical (unpaired) electrons. The first-order chi connectivity index (χ1) is 17.8. The number of anilines is 2. The summed E-state index contributed by atoms with van der Waals surface area (Å²) in [6.45, 7) is 5.87. The minimum absolute atomic E-state index is 0.522. The van der Waals surface area contributed by atoms with E-state index in [0.29, 0.717) is 19.2 Å². The largest absolute Gasteiger partial charge is 0.463 e. The summed E-state index contributed by atoms with van der Waals surface area (Å²) in [4.78, 5) is 11.7. The van der Waals surface area contributed by atoms with Gasteiger partial charge >= 0.3 is 0 Å². The Hall–Kier alpha value is -3.52. The molecule has 2 aromatic carbocycles. The Morgan fingerprint density at radius 3 is 2.92 bits per heavy atom. The first-order valence-electron chi connectivity index (χ1n) is 12.6. The van der Waals surface area contributed by atoms with Crippen molar-refractivity contribution in [1.29, 1.82) is 0 Å². The highest BCUT2D eigenvalue weighted by Crippen LogP contribution is 2.29. The van der Waals surface area contributed by atoms with Gasteiger partial charge in [0, 0.05) is 31.4 Å². The van der Waals surface area contributed by atoms with Crippen LogP contribution in [0.1, 0.15) is 24.0 Å². The Morgan fingerprint density at radius 2 is 1.97 bits per heavy atom. The monoisotopic (exact) mass is 483 g/mol. The Bertz CT molecular complexity index is 1200. The number of benzene rings is 2. The van der Waals surface area contributed by atoms with Crippen LogP contribution in [-0.2, 0) is 17.9 Å². The molecule has 1 fully saturated rings. The van der Waals surface area contributed by atoms with Crippen molar-refractivity contribution in [2.24, 2.45) is 0 Å². The molecule has 1 saturated heterocycles. The van der Waals surface area contributed by atoms with E-state index in [2.05, 4.69) is 69.1 Å². The molecule has 3 heterocycles. The number of ether oxygens (including phenoxy) is 2. The molecule has 2 N–H and O–H groups in total. The number of nitrogens with one attached hydrogen (secondary N) is 2. The molecule has 2 aliphatic rings. The second-order valence-corrected chi connectivity index (χ2v) is 9.04. The lowest BCUT2D eigenvalue weighted by Crippen LogP contribution is -2.18. The molecule has 5 rings (SSSR count). The Labute approximate surface area is 212 Å². The normalized spacial score (nSPS) is 17.8. The van der Waals surface area contributed by atoms with Gasteiger partial charge in [0.2, 0.25) is 5.95 Å². The molecule has 0 spiro atoms. The van der Waals surface area contributed by atoms with Crippen LogP contribution >= 0.6 is 0 Å². The molecule has 1 aromatic heterocycles. The molecule has 186 valence electrons.